The lowest BCUT2D eigenvalue weighted by molar-refractivity contribution is -0.132. The molecular weight excluding hydrogens is 260 g/mol. The molecule has 0 saturated carbocycles. The number of halogens is 1. The van der Waals surface area contributed by atoms with Gasteiger partial charge in [-0.3, -0.25) is 4.79 Å². The van der Waals surface area contributed by atoms with Crippen molar-refractivity contribution in [3.63, 3.8) is 0 Å². The summed E-state index contributed by atoms with van der Waals surface area (Å²) in [6.45, 7) is 3.68. The molecule has 1 fully saturated rings. The van der Waals surface area contributed by atoms with E-state index < -0.39 is 0 Å². The Morgan fingerprint density at radius 2 is 2.21 bits per heavy atom. The van der Waals surface area contributed by atoms with E-state index in [1.165, 1.54) is 0 Å². The number of hydrogen-bond donors (Lipinski definition) is 1. The predicted molar refractivity (Wildman–Crippen MR) is 78.1 cm³/mol. The van der Waals surface area contributed by atoms with Crippen LogP contribution in [0.25, 0.3) is 0 Å². The second kappa shape index (κ2) is 6.40. The van der Waals surface area contributed by atoms with Crippen LogP contribution in [0.1, 0.15) is 25.3 Å². The Bertz CT molecular complexity index is 450. The van der Waals surface area contributed by atoms with Crippen LogP contribution < -0.4 is 5.73 Å². The molecule has 3 nitrogen and oxygen atoms in total. The van der Waals surface area contributed by atoms with Crippen molar-refractivity contribution in [2.24, 2.45) is 11.7 Å². The molecule has 104 valence electrons. The van der Waals surface area contributed by atoms with Crippen LogP contribution in [-0.2, 0) is 11.2 Å². The summed E-state index contributed by atoms with van der Waals surface area (Å²) in [4.78, 5) is 14.2. The Labute approximate surface area is 119 Å². The van der Waals surface area contributed by atoms with E-state index in [1.807, 2.05) is 29.2 Å². The molecule has 2 atom stereocenters. The third kappa shape index (κ3) is 3.48. The number of carbonyl (C=O) groups excluding carboxylic acids is 1. The minimum absolute atomic E-state index is 0.151. The number of rotatable bonds is 3. The largest absolute Gasteiger partial charge is 0.342 e. The van der Waals surface area contributed by atoms with E-state index in [0.29, 0.717) is 17.4 Å². The Kier molecular flexibility index (Phi) is 4.83. The zero-order valence-corrected chi connectivity index (χ0v) is 12.1. The quantitative estimate of drug-likeness (QED) is 0.924. The third-order valence-corrected chi connectivity index (χ3v) is 4.34. The highest BCUT2D eigenvalue weighted by Crippen LogP contribution is 2.21. The van der Waals surface area contributed by atoms with E-state index in [0.717, 1.165) is 31.5 Å². The van der Waals surface area contributed by atoms with Gasteiger partial charge in [-0.1, -0.05) is 43.1 Å². The Morgan fingerprint density at radius 1 is 1.47 bits per heavy atom. The van der Waals surface area contributed by atoms with Crippen LogP contribution in [0, 0.1) is 5.92 Å². The molecule has 2 rings (SSSR count). The van der Waals surface area contributed by atoms with Crippen LogP contribution in [-0.4, -0.2) is 29.9 Å². The first kappa shape index (κ1) is 14.4. The third-order valence-electron chi connectivity index (χ3n) is 3.97. The molecule has 0 bridgehead atoms. The van der Waals surface area contributed by atoms with Crippen LogP contribution >= 0.6 is 11.6 Å². The molecule has 1 heterocycles. The first-order valence-electron chi connectivity index (χ1n) is 6.88. The van der Waals surface area contributed by atoms with Crippen molar-refractivity contribution in [2.45, 2.75) is 32.2 Å². The Morgan fingerprint density at radius 3 is 2.89 bits per heavy atom. The molecule has 1 aromatic carbocycles. The number of hydrogen-bond acceptors (Lipinski definition) is 2. The van der Waals surface area contributed by atoms with Crippen molar-refractivity contribution in [1.82, 2.24) is 4.90 Å². The number of piperidine rings is 1. The first-order valence-corrected chi connectivity index (χ1v) is 7.26. The summed E-state index contributed by atoms with van der Waals surface area (Å²) in [5, 5.41) is 0.664. The molecule has 1 aliphatic rings. The highest BCUT2D eigenvalue weighted by molar-refractivity contribution is 6.31. The van der Waals surface area contributed by atoms with Gasteiger partial charge >= 0.3 is 0 Å². The van der Waals surface area contributed by atoms with Crippen molar-refractivity contribution in [1.29, 1.82) is 0 Å². The average Bonchev–Trinajstić information content (AvgIpc) is 2.42. The maximum atomic E-state index is 12.3. The lowest BCUT2D eigenvalue weighted by Crippen LogP contribution is -2.49. The molecular formula is C15H21ClN2O. The summed E-state index contributed by atoms with van der Waals surface area (Å²) in [6.07, 6.45) is 2.30. The van der Waals surface area contributed by atoms with Gasteiger partial charge in [0.25, 0.3) is 0 Å². The van der Waals surface area contributed by atoms with E-state index >= 15 is 0 Å². The molecule has 1 aromatic rings. The maximum Gasteiger partial charge on any atom is 0.227 e. The number of benzene rings is 1. The van der Waals surface area contributed by atoms with E-state index in [1.54, 1.807) is 0 Å². The van der Waals surface area contributed by atoms with Crippen LogP contribution in [0.15, 0.2) is 24.3 Å². The van der Waals surface area contributed by atoms with E-state index in [2.05, 4.69) is 6.92 Å². The topological polar surface area (TPSA) is 46.3 Å². The zero-order chi connectivity index (χ0) is 13.8. The van der Waals surface area contributed by atoms with Gasteiger partial charge in [0.1, 0.15) is 0 Å². The van der Waals surface area contributed by atoms with Crippen molar-refractivity contribution >= 4 is 17.5 Å². The number of carbonyl (C=O) groups is 1. The molecule has 0 radical (unpaired) electrons. The molecule has 0 spiro atoms. The van der Waals surface area contributed by atoms with Gasteiger partial charge in [-0.2, -0.15) is 0 Å². The monoisotopic (exact) mass is 280 g/mol. The smallest absolute Gasteiger partial charge is 0.227 e. The molecule has 1 aliphatic heterocycles. The van der Waals surface area contributed by atoms with Crippen molar-refractivity contribution in [3.8, 4) is 0 Å². The van der Waals surface area contributed by atoms with Crippen LogP contribution in [0.5, 0.6) is 0 Å². The van der Waals surface area contributed by atoms with E-state index in [4.69, 9.17) is 17.3 Å². The van der Waals surface area contributed by atoms with Crippen molar-refractivity contribution in [3.05, 3.63) is 34.9 Å². The molecule has 4 heteroatoms. The van der Waals surface area contributed by atoms with Gasteiger partial charge in [-0.05, 0) is 24.0 Å². The maximum absolute atomic E-state index is 12.3. The molecule has 1 amide bonds. The molecule has 1 saturated heterocycles. The van der Waals surface area contributed by atoms with Crippen LogP contribution in [0.3, 0.4) is 0 Å². The van der Waals surface area contributed by atoms with E-state index in [-0.39, 0.29) is 11.9 Å². The van der Waals surface area contributed by atoms with Gasteiger partial charge in [0.15, 0.2) is 0 Å². The highest BCUT2D eigenvalue weighted by Gasteiger charge is 2.28. The second-order valence-corrected chi connectivity index (χ2v) is 5.64. The zero-order valence-electron chi connectivity index (χ0n) is 11.3. The fourth-order valence-corrected chi connectivity index (χ4v) is 2.83. The minimum Gasteiger partial charge on any atom is -0.342 e. The van der Waals surface area contributed by atoms with Crippen LogP contribution in [0.2, 0.25) is 5.02 Å². The van der Waals surface area contributed by atoms with Crippen molar-refractivity contribution < 1.29 is 4.79 Å². The number of amides is 1. The van der Waals surface area contributed by atoms with Crippen LogP contribution in [0.4, 0.5) is 0 Å². The lowest BCUT2D eigenvalue weighted by atomic mass is 9.90. The Balaban J connectivity index is 1.99. The Hall–Kier alpha value is -1.06. The van der Waals surface area contributed by atoms with Gasteiger partial charge in [0, 0.05) is 24.2 Å². The average molecular weight is 281 g/mol. The fourth-order valence-electron chi connectivity index (χ4n) is 2.63. The second-order valence-electron chi connectivity index (χ2n) is 5.23. The summed E-state index contributed by atoms with van der Waals surface area (Å²) in [5.41, 5.74) is 6.97. The first-order chi connectivity index (χ1) is 9.11. The van der Waals surface area contributed by atoms with E-state index in [9.17, 15) is 4.79 Å². The van der Waals surface area contributed by atoms with Crippen molar-refractivity contribution in [2.75, 3.05) is 13.1 Å². The number of likely N-dealkylation sites (tertiary alicyclic amines) is 1. The van der Waals surface area contributed by atoms with Gasteiger partial charge in [-0.25, -0.2) is 0 Å². The van der Waals surface area contributed by atoms with Gasteiger partial charge < -0.3 is 10.6 Å². The summed E-state index contributed by atoms with van der Waals surface area (Å²) in [7, 11) is 0. The summed E-state index contributed by atoms with van der Waals surface area (Å²) >= 11 is 6.10. The molecule has 2 N–H and O–H groups in total. The molecule has 0 aliphatic carbocycles. The van der Waals surface area contributed by atoms with Gasteiger partial charge in [0.05, 0.1) is 6.42 Å². The summed E-state index contributed by atoms with van der Waals surface area (Å²) in [6, 6.07) is 7.76. The fraction of sp³-hybridized carbons (Fsp3) is 0.533. The number of nitrogens with zero attached hydrogens (tertiary/aromatic N) is 1. The molecule has 2 unspecified atom stereocenters. The van der Waals surface area contributed by atoms with Gasteiger partial charge in [-0.15, -0.1) is 0 Å². The SMILES string of the molecule is CCC1CN(C(=O)Cc2ccccc2Cl)CCC1N. The normalized spacial score (nSPS) is 23.4. The molecule has 0 aromatic heterocycles. The predicted octanol–water partition coefficient (Wildman–Crippen LogP) is 2.47. The summed E-state index contributed by atoms with van der Waals surface area (Å²) in [5.74, 6) is 0.572. The van der Waals surface area contributed by atoms with Gasteiger partial charge in [0.2, 0.25) is 5.91 Å². The standard InChI is InChI=1S/C15H21ClN2O/c1-2-11-10-18(8-7-14(11)17)15(19)9-12-5-3-4-6-13(12)16/h3-6,11,14H,2,7-10,17H2,1H3. The lowest BCUT2D eigenvalue weighted by Gasteiger charge is -2.36. The highest BCUT2D eigenvalue weighted by atomic mass is 35.5. The molecule has 19 heavy (non-hydrogen) atoms. The minimum atomic E-state index is 0.151. The number of nitrogens with two attached hydrogens (primary N) is 1. The summed E-state index contributed by atoms with van der Waals surface area (Å²) < 4.78 is 0.